The second-order valence-corrected chi connectivity index (χ2v) is 6.37. The van der Waals surface area contributed by atoms with Crippen molar-refractivity contribution in [1.82, 2.24) is 0 Å². The van der Waals surface area contributed by atoms with Crippen LogP contribution in [0.25, 0.3) is 0 Å². The van der Waals surface area contributed by atoms with E-state index in [1.165, 1.54) is 26.0 Å². The zero-order valence-corrected chi connectivity index (χ0v) is 15.6. The molecule has 0 unspecified atom stereocenters. The lowest BCUT2D eigenvalue weighted by Crippen LogP contribution is -2.16. The molecule has 0 spiro atoms. The molecule has 5 nitrogen and oxygen atoms in total. The molecule has 0 radical (unpaired) electrons. The molecule has 134 valence electrons. The number of carbonyl (C=O) groups excluding carboxylic acids is 3. The van der Waals surface area contributed by atoms with Crippen LogP contribution in [0.3, 0.4) is 0 Å². The number of hydrogen-bond donors (Lipinski definition) is 2. The van der Waals surface area contributed by atoms with Crippen LogP contribution < -0.4 is 10.6 Å². The average Bonchev–Trinajstić information content (AvgIpc) is 2.58. The van der Waals surface area contributed by atoms with Gasteiger partial charge in [-0.2, -0.15) is 0 Å². The van der Waals surface area contributed by atoms with Crippen molar-refractivity contribution in [3.05, 3.63) is 69.7 Å². The van der Waals surface area contributed by atoms with Crippen molar-refractivity contribution in [1.29, 1.82) is 0 Å². The van der Waals surface area contributed by atoms with Crippen LogP contribution in [0.1, 0.15) is 24.2 Å². The number of ketones is 1. The van der Waals surface area contributed by atoms with Crippen LogP contribution >= 0.6 is 23.2 Å². The summed E-state index contributed by atoms with van der Waals surface area (Å²) in [5.41, 5.74) is 1.62. The molecule has 2 rings (SSSR count). The Morgan fingerprint density at radius 2 is 1.58 bits per heavy atom. The number of benzene rings is 2. The molecule has 2 aromatic rings. The molecule has 0 aromatic heterocycles. The predicted molar refractivity (Wildman–Crippen MR) is 104 cm³/mol. The Labute approximate surface area is 161 Å². The van der Waals surface area contributed by atoms with E-state index in [-0.39, 0.29) is 11.4 Å². The molecule has 2 aromatic carbocycles. The van der Waals surface area contributed by atoms with Crippen LogP contribution in [-0.2, 0) is 9.59 Å². The number of hydrogen-bond acceptors (Lipinski definition) is 3. The summed E-state index contributed by atoms with van der Waals surface area (Å²) in [5, 5.41) is 5.99. The minimum Gasteiger partial charge on any atom is -0.323 e. The van der Waals surface area contributed by atoms with Gasteiger partial charge in [0, 0.05) is 27.9 Å². The third-order valence-electron chi connectivity index (χ3n) is 3.44. The van der Waals surface area contributed by atoms with Crippen LogP contribution in [0, 0.1) is 0 Å². The van der Waals surface area contributed by atoms with Gasteiger partial charge in [0.05, 0.1) is 10.7 Å². The molecule has 2 amide bonds. The molecule has 0 fully saturated rings. The normalized spacial score (nSPS) is 11.0. The summed E-state index contributed by atoms with van der Waals surface area (Å²) >= 11 is 11.9. The van der Waals surface area contributed by atoms with Crippen molar-refractivity contribution in [3.63, 3.8) is 0 Å². The van der Waals surface area contributed by atoms with E-state index in [0.29, 0.717) is 27.0 Å². The van der Waals surface area contributed by atoms with E-state index in [1.807, 2.05) is 0 Å². The van der Waals surface area contributed by atoms with Gasteiger partial charge in [0.1, 0.15) is 0 Å². The Morgan fingerprint density at radius 3 is 2.19 bits per heavy atom. The van der Waals surface area contributed by atoms with E-state index in [2.05, 4.69) is 10.6 Å². The number of anilines is 2. The van der Waals surface area contributed by atoms with Gasteiger partial charge < -0.3 is 10.6 Å². The zero-order chi connectivity index (χ0) is 19.3. The van der Waals surface area contributed by atoms with Crippen molar-refractivity contribution in [2.24, 2.45) is 0 Å². The Balaban J connectivity index is 2.03. The minimum atomic E-state index is -0.476. The smallest absolute Gasteiger partial charge is 0.251 e. The predicted octanol–water partition coefficient (Wildman–Crippen LogP) is 4.72. The van der Waals surface area contributed by atoms with Gasteiger partial charge in [-0.1, -0.05) is 23.2 Å². The minimum absolute atomic E-state index is 0.0602. The third-order valence-corrected chi connectivity index (χ3v) is 4.01. The Bertz CT molecular complexity index is 890. The van der Waals surface area contributed by atoms with E-state index in [0.717, 1.165) is 0 Å². The summed E-state index contributed by atoms with van der Waals surface area (Å²) in [6, 6.07) is 11.1. The quantitative estimate of drug-likeness (QED) is 0.572. The fourth-order valence-electron chi connectivity index (χ4n) is 2.04. The van der Waals surface area contributed by atoms with E-state index in [1.54, 1.807) is 36.4 Å². The first-order chi connectivity index (χ1) is 12.3. The molecule has 0 atom stereocenters. The number of nitrogens with one attached hydrogen (secondary N) is 2. The van der Waals surface area contributed by atoms with Gasteiger partial charge in [-0.3, -0.25) is 14.4 Å². The highest BCUT2D eigenvalue weighted by atomic mass is 35.5. The zero-order valence-electron chi connectivity index (χ0n) is 14.1. The van der Waals surface area contributed by atoms with Crippen LogP contribution in [0.15, 0.2) is 54.1 Å². The highest BCUT2D eigenvalue weighted by Gasteiger charge is 2.10. The van der Waals surface area contributed by atoms with Gasteiger partial charge in [0.25, 0.3) is 5.91 Å². The summed E-state index contributed by atoms with van der Waals surface area (Å²) in [6.07, 6.45) is 1.17. The first-order valence-electron chi connectivity index (χ1n) is 7.63. The first kappa shape index (κ1) is 19.7. The Kier molecular flexibility index (Phi) is 6.55. The maximum atomic E-state index is 12.2. The number of rotatable bonds is 5. The first-order valence-corrected chi connectivity index (χ1v) is 8.38. The highest BCUT2D eigenvalue weighted by molar-refractivity contribution is 6.35. The van der Waals surface area contributed by atoms with Gasteiger partial charge in [0.2, 0.25) is 5.91 Å². The van der Waals surface area contributed by atoms with Gasteiger partial charge in [-0.25, -0.2) is 0 Å². The van der Waals surface area contributed by atoms with E-state index < -0.39 is 11.8 Å². The second-order valence-electron chi connectivity index (χ2n) is 5.53. The van der Waals surface area contributed by atoms with Crippen molar-refractivity contribution in [3.8, 4) is 0 Å². The standard InChI is InChI=1S/C19H16Cl2N2O3/c1-11(19(26)23-17-10-14(20)5-8-16(17)21)9-18(25)22-15-6-3-13(4-7-15)12(2)24/h3-10H,1-2H3,(H,22,25)(H,23,26)/b11-9-. The van der Waals surface area contributed by atoms with E-state index in [4.69, 9.17) is 23.2 Å². The van der Waals surface area contributed by atoms with Crippen molar-refractivity contribution < 1.29 is 14.4 Å². The van der Waals surface area contributed by atoms with Crippen molar-refractivity contribution >= 4 is 52.2 Å². The fraction of sp³-hybridized carbons (Fsp3) is 0.105. The van der Waals surface area contributed by atoms with Gasteiger partial charge in [0.15, 0.2) is 5.78 Å². The fourth-order valence-corrected chi connectivity index (χ4v) is 2.38. The molecule has 0 saturated carbocycles. The SMILES string of the molecule is CC(=O)c1ccc(NC(=O)/C=C(/C)C(=O)Nc2cc(Cl)ccc2Cl)cc1. The van der Waals surface area contributed by atoms with Crippen LogP contribution in [0.4, 0.5) is 11.4 Å². The molecule has 26 heavy (non-hydrogen) atoms. The summed E-state index contributed by atoms with van der Waals surface area (Å²) in [6.45, 7) is 2.97. The maximum Gasteiger partial charge on any atom is 0.251 e. The van der Waals surface area contributed by atoms with E-state index in [9.17, 15) is 14.4 Å². The molecule has 0 bridgehead atoms. The van der Waals surface area contributed by atoms with Crippen molar-refractivity contribution in [2.75, 3.05) is 10.6 Å². The van der Waals surface area contributed by atoms with Crippen LogP contribution in [-0.4, -0.2) is 17.6 Å². The molecule has 0 saturated heterocycles. The molecule has 0 aliphatic heterocycles. The van der Waals surface area contributed by atoms with Crippen LogP contribution in [0.2, 0.25) is 10.0 Å². The summed E-state index contributed by atoms with van der Waals surface area (Å²) in [5.74, 6) is -1.00. The number of carbonyl (C=O) groups is 3. The monoisotopic (exact) mass is 390 g/mol. The van der Waals surface area contributed by atoms with E-state index >= 15 is 0 Å². The average molecular weight is 391 g/mol. The van der Waals surface area contributed by atoms with Gasteiger partial charge in [-0.05, 0) is 56.3 Å². The second kappa shape index (κ2) is 8.65. The number of amides is 2. The Morgan fingerprint density at radius 1 is 0.923 bits per heavy atom. The Hall–Kier alpha value is -2.63. The van der Waals surface area contributed by atoms with Gasteiger partial charge in [-0.15, -0.1) is 0 Å². The summed E-state index contributed by atoms with van der Waals surface area (Å²) < 4.78 is 0. The number of Topliss-reactive ketones (excluding diaryl/α,β-unsaturated/α-hetero) is 1. The maximum absolute atomic E-state index is 12.2. The molecular weight excluding hydrogens is 375 g/mol. The van der Waals surface area contributed by atoms with Crippen molar-refractivity contribution in [2.45, 2.75) is 13.8 Å². The van der Waals surface area contributed by atoms with Crippen LogP contribution in [0.5, 0.6) is 0 Å². The lowest BCUT2D eigenvalue weighted by Gasteiger charge is -2.08. The number of halogens is 2. The lowest BCUT2D eigenvalue weighted by molar-refractivity contribution is -0.114. The third kappa shape index (κ3) is 5.44. The molecule has 0 aliphatic carbocycles. The molecule has 0 heterocycles. The molecular formula is C19H16Cl2N2O3. The highest BCUT2D eigenvalue weighted by Crippen LogP contribution is 2.25. The lowest BCUT2D eigenvalue weighted by atomic mass is 10.1. The summed E-state index contributed by atoms with van der Waals surface area (Å²) in [7, 11) is 0. The largest absolute Gasteiger partial charge is 0.323 e. The topological polar surface area (TPSA) is 75.3 Å². The summed E-state index contributed by atoms with van der Waals surface area (Å²) in [4.78, 5) is 35.5. The molecule has 7 heteroatoms. The van der Waals surface area contributed by atoms with Gasteiger partial charge >= 0.3 is 0 Å². The molecule has 0 aliphatic rings. The molecule has 2 N–H and O–H groups in total.